The predicted octanol–water partition coefficient (Wildman–Crippen LogP) is 1.60. The van der Waals surface area contributed by atoms with Crippen molar-refractivity contribution >= 4 is 16.6 Å². The van der Waals surface area contributed by atoms with Gasteiger partial charge in [0.1, 0.15) is 0 Å². The Morgan fingerprint density at radius 1 is 1.20 bits per heavy atom. The molecule has 3 aromatic rings. The molecule has 1 aliphatic heterocycles. The van der Waals surface area contributed by atoms with Crippen molar-refractivity contribution in [2.24, 2.45) is 0 Å². The molecule has 0 radical (unpaired) electrons. The molecular weight excluding hydrogens is 322 g/mol. The maximum Gasteiger partial charge on any atom is 0.261 e. The zero-order valence-electron chi connectivity index (χ0n) is 13.4. The summed E-state index contributed by atoms with van der Waals surface area (Å²) in [6.07, 6.45) is 0.722. The van der Waals surface area contributed by atoms with E-state index in [0.29, 0.717) is 28.9 Å². The Morgan fingerprint density at radius 3 is 2.96 bits per heavy atom. The summed E-state index contributed by atoms with van der Waals surface area (Å²) in [5, 5.41) is 13.9. The fourth-order valence-corrected chi connectivity index (χ4v) is 2.77. The van der Waals surface area contributed by atoms with Crippen LogP contribution in [0, 0.1) is 0 Å². The SMILES string of the molecule is O=c1c2ccccc2ncn1CC(O)CNc1ccc2c(c1)OCO2. The minimum Gasteiger partial charge on any atom is -0.454 e. The summed E-state index contributed by atoms with van der Waals surface area (Å²) in [6, 6.07) is 12.6. The van der Waals surface area contributed by atoms with E-state index in [4.69, 9.17) is 9.47 Å². The Bertz CT molecular complexity index is 970. The van der Waals surface area contributed by atoms with E-state index in [1.165, 1.54) is 10.9 Å². The van der Waals surface area contributed by atoms with Gasteiger partial charge in [-0.05, 0) is 24.3 Å². The first kappa shape index (κ1) is 15.5. The third kappa shape index (κ3) is 3.14. The topological polar surface area (TPSA) is 85.6 Å². The smallest absolute Gasteiger partial charge is 0.261 e. The second kappa shape index (κ2) is 6.45. The number of ether oxygens (including phenoxy) is 2. The molecule has 2 heterocycles. The second-order valence-electron chi connectivity index (χ2n) is 5.82. The molecule has 4 rings (SSSR count). The van der Waals surface area contributed by atoms with Crippen LogP contribution in [0.15, 0.2) is 53.6 Å². The number of nitrogens with zero attached hydrogens (tertiary/aromatic N) is 2. The monoisotopic (exact) mass is 339 g/mol. The molecule has 25 heavy (non-hydrogen) atoms. The first-order chi connectivity index (χ1) is 12.2. The molecule has 2 aromatic carbocycles. The van der Waals surface area contributed by atoms with E-state index in [1.54, 1.807) is 18.2 Å². The minimum absolute atomic E-state index is 0.160. The molecule has 0 saturated heterocycles. The number of rotatable bonds is 5. The van der Waals surface area contributed by atoms with Crippen LogP contribution < -0.4 is 20.3 Å². The molecule has 0 bridgehead atoms. The van der Waals surface area contributed by atoms with Crippen LogP contribution in [-0.2, 0) is 6.54 Å². The molecule has 1 aromatic heterocycles. The van der Waals surface area contributed by atoms with Crippen LogP contribution in [0.25, 0.3) is 10.9 Å². The number of aromatic nitrogens is 2. The average Bonchev–Trinajstić information content (AvgIpc) is 3.10. The molecule has 0 fully saturated rings. The van der Waals surface area contributed by atoms with Gasteiger partial charge in [-0.3, -0.25) is 9.36 Å². The number of fused-ring (bicyclic) bond motifs is 2. The largest absolute Gasteiger partial charge is 0.454 e. The fraction of sp³-hybridized carbons (Fsp3) is 0.222. The lowest BCUT2D eigenvalue weighted by molar-refractivity contribution is 0.165. The summed E-state index contributed by atoms with van der Waals surface area (Å²) >= 11 is 0. The first-order valence-corrected chi connectivity index (χ1v) is 7.96. The van der Waals surface area contributed by atoms with Gasteiger partial charge in [-0.1, -0.05) is 12.1 Å². The summed E-state index contributed by atoms with van der Waals surface area (Å²) in [4.78, 5) is 16.7. The van der Waals surface area contributed by atoms with Crippen LogP contribution in [-0.4, -0.2) is 34.1 Å². The van der Waals surface area contributed by atoms with Gasteiger partial charge < -0.3 is 19.9 Å². The van der Waals surface area contributed by atoms with E-state index in [0.717, 1.165) is 5.69 Å². The molecule has 7 nitrogen and oxygen atoms in total. The summed E-state index contributed by atoms with van der Waals surface area (Å²) < 4.78 is 12.0. The van der Waals surface area contributed by atoms with Crippen molar-refractivity contribution in [2.45, 2.75) is 12.6 Å². The van der Waals surface area contributed by atoms with Gasteiger partial charge in [0, 0.05) is 18.3 Å². The zero-order valence-corrected chi connectivity index (χ0v) is 13.4. The number of aliphatic hydroxyl groups is 1. The van der Waals surface area contributed by atoms with Crippen molar-refractivity contribution in [2.75, 3.05) is 18.7 Å². The van der Waals surface area contributed by atoms with Crippen molar-refractivity contribution in [3.05, 3.63) is 59.1 Å². The van der Waals surface area contributed by atoms with Gasteiger partial charge in [0.15, 0.2) is 11.5 Å². The van der Waals surface area contributed by atoms with Crippen LogP contribution in [0.3, 0.4) is 0 Å². The van der Waals surface area contributed by atoms with Crippen LogP contribution in [0.4, 0.5) is 5.69 Å². The standard InChI is InChI=1S/C18H17N3O4/c22-13(8-19-12-5-6-16-17(7-12)25-11-24-16)9-21-10-20-15-4-2-1-3-14(15)18(21)23/h1-7,10,13,19,22H,8-9,11H2. The van der Waals surface area contributed by atoms with Gasteiger partial charge in [-0.2, -0.15) is 0 Å². The van der Waals surface area contributed by atoms with E-state index in [-0.39, 0.29) is 18.9 Å². The van der Waals surface area contributed by atoms with E-state index < -0.39 is 6.10 Å². The molecule has 0 spiro atoms. The first-order valence-electron chi connectivity index (χ1n) is 7.96. The van der Waals surface area contributed by atoms with Gasteiger partial charge in [-0.15, -0.1) is 0 Å². The Balaban J connectivity index is 1.43. The Hall–Kier alpha value is -3.06. The van der Waals surface area contributed by atoms with Gasteiger partial charge in [0.25, 0.3) is 5.56 Å². The van der Waals surface area contributed by atoms with E-state index in [2.05, 4.69) is 10.3 Å². The van der Waals surface area contributed by atoms with Crippen molar-refractivity contribution in [1.82, 2.24) is 9.55 Å². The fourth-order valence-electron chi connectivity index (χ4n) is 2.77. The number of anilines is 1. The van der Waals surface area contributed by atoms with Crippen molar-refractivity contribution in [1.29, 1.82) is 0 Å². The highest BCUT2D eigenvalue weighted by molar-refractivity contribution is 5.76. The van der Waals surface area contributed by atoms with Crippen LogP contribution >= 0.6 is 0 Å². The number of hydrogen-bond donors (Lipinski definition) is 2. The second-order valence-corrected chi connectivity index (χ2v) is 5.82. The molecule has 1 aliphatic rings. The Morgan fingerprint density at radius 2 is 2.04 bits per heavy atom. The molecule has 7 heteroatoms. The lowest BCUT2D eigenvalue weighted by atomic mass is 10.2. The van der Waals surface area contributed by atoms with Gasteiger partial charge in [-0.25, -0.2) is 4.98 Å². The number of para-hydroxylation sites is 1. The highest BCUT2D eigenvalue weighted by Crippen LogP contribution is 2.34. The molecule has 0 saturated carbocycles. The molecule has 1 atom stereocenters. The highest BCUT2D eigenvalue weighted by atomic mass is 16.7. The Labute approximate surface area is 143 Å². The van der Waals surface area contributed by atoms with Gasteiger partial charge >= 0.3 is 0 Å². The Kier molecular flexibility index (Phi) is 3.99. The quantitative estimate of drug-likeness (QED) is 0.734. The summed E-state index contributed by atoms with van der Waals surface area (Å²) in [5.41, 5.74) is 1.30. The predicted molar refractivity (Wildman–Crippen MR) is 93.1 cm³/mol. The van der Waals surface area contributed by atoms with Crippen molar-refractivity contribution in [3.8, 4) is 11.5 Å². The summed E-state index contributed by atoms with van der Waals surface area (Å²) in [5.74, 6) is 1.38. The highest BCUT2D eigenvalue weighted by Gasteiger charge is 2.14. The molecule has 0 amide bonds. The summed E-state index contributed by atoms with van der Waals surface area (Å²) in [6.45, 7) is 0.673. The number of aliphatic hydroxyl groups excluding tert-OH is 1. The van der Waals surface area contributed by atoms with Crippen LogP contribution in [0.2, 0.25) is 0 Å². The average molecular weight is 339 g/mol. The van der Waals surface area contributed by atoms with E-state index >= 15 is 0 Å². The maximum absolute atomic E-state index is 12.4. The van der Waals surface area contributed by atoms with Crippen LogP contribution in [0.1, 0.15) is 0 Å². The lowest BCUT2D eigenvalue weighted by Crippen LogP contribution is -2.31. The number of nitrogens with one attached hydrogen (secondary N) is 1. The normalized spacial score (nSPS) is 13.8. The minimum atomic E-state index is -0.744. The van der Waals surface area contributed by atoms with Gasteiger partial charge in [0.05, 0.1) is 29.9 Å². The number of benzene rings is 2. The maximum atomic E-state index is 12.4. The van der Waals surface area contributed by atoms with Crippen molar-refractivity contribution in [3.63, 3.8) is 0 Å². The van der Waals surface area contributed by atoms with Crippen molar-refractivity contribution < 1.29 is 14.6 Å². The van der Waals surface area contributed by atoms with E-state index in [1.807, 2.05) is 24.3 Å². The summed E-state index contributed by atoms with van der Waals surface area (Å²) in [7, 11) is 0. The third-order valence-corrected chi connectivity index (χ3v) is 4.05. The molecule has 1 unspecified atom stereocenters. The van der Waals surface area contributed by atoms with Crippen LogP contribution in [0.5, 0.6) is 11.5 Å². The molecule has 128 valence electrons. The van der Waals surface area contributed by atoms with Gasteiger partial charge in [0.2, 0.25) is 6.79 Å². The number of hydrogen-bond acceptors (Lipinski definition) is 6. The molecule has 2 N–H and O–H groups in total. The van der Waals surface area contributed by atoms with E-state index in [9.17, 15) is 9.90 Å². The zero-order chi connectivity index (χ0) is 17.2. The molecule has 0 aliphatic carbocycles. The third-order valence-electron chi connectivity index (χ3n) is 4.05. The lowest BCUT2D eigenvalue weighted by Gasteiger charge is -2.14. The molecular formula is C18H17N3O4.